The molecule has 0 saturated carbocycles. The third-order valence-electron chi connectivity index (χ3n) is 3.14. The van der Waals surface area contributed by atoms with Crippen LogP contribution in [0.1, 0.15) is 18.9 Å². The monoisotopic (exact) mass is 329 g/mol. The topological polar surface area (TPSA) is 137 Å². The molecule has 24 heavy (non-hydrogen) atoms. The summed E-state index contributed by atoms with van der Waals surface area (Å²) in [5.41, 5.74) is 12.3. The normalized spacial score (nSPS) is 10.7. The molecule has 0 fully saturated rings. The molecule has 1 aromatic carbocycles. The van der Waals surface area contributed by atoms with Crippen molar-refractivity contribution in [3.8, 4) is 5.69 Å². The van der Waals surface area contributed by atoms with Crippen LogP contribution in [-0.4, -0.2) is 28.2 Å². The molecular weight excluding hydrogens is 310 g/mol. The first-order valence-corrected chi connectivity index (χ1v) is 7.34. The molecule has 0 amide bonds. The Hall–Kier alpha value is -3.36. The fourth-order valence-electron chi connectivity index (χ4n) is 2.05. The Labute approximate surface area is 138 Å². The zero-order chi connectivity index (χ0) is 17.5. The maximum atomic E-state index is 11.3. The molecular formula is C15H19N7O2. The van der Waals surface area contributed by atoms with Crippen LogP contribution in [0.15, 0.2) is 46.9 Å². The summed E-state index contributed by atoms with van der Waals surface area (Å²) in [5, 5.41) is 21.6. The number of nitrogens with zero attached hydrogens (tertiary/aromatic N) is 4. The second-order valence-electron chi connectivity index (χ2n) is 5.01. The van der Waals surface area contributed by atoms with Gasteiger partial charge in [-0.15, -0.1) is 5.10 Å². The number of nitrogens with one attached hydrogen (secondary N) is 1. The minimum Gasteiger partial charge on any atom is -0.380 e. The van der Waals surface area contributed by atoms with E-state index >= 15 is 0 Å². The van der Waals surface area contributed by atoms with E-state index in [9.17, 15) is 10.1 Å². The van der Waals surface area contributed by atoms with Crippen LogP contribution in [0.4, 0.5) is 11.4 Å². The number of nitro benzene ring substituents is 1. The Bertz CT molecular complexity index is 776. The third kappa shape index (κ3) is 4.32. The van der Waals surface area contributed by atoms with Gasteiger partial charge in [0, 0.05) is 30.6 Å². The first-order chi connectivity index (χ1) is 11.5. The van der Waals surface area contributed by atoms with Crippen LogP contribution in [0, 0.1) is 10.1 Å². The quantitative estimate of drug-likeness (QED) is 0.308. The maximum absolute atomic E-state index is 11.3. The molecule has 0 atom stereocenters. The Morgan fingerprint density at radius 1 is 1.42 bits per heavy atom. The zero-order valence-corrected chi connectivity index (χ0v) is 13.2. The molecule has 2 aromatic rings. The molecule has 0 spiro atoms. The number of rotatable bonds is 7. The van der Waals surface area contributed by atoms with Gasteiger partial charge in [-0.1, -0.05) is 6.92 Å². The molecule has 2 rings (SSSR count). The maximum Gasteiger partial charge on any atom is 0.294 e. The average molecular weight is 329 g/mol. The molecule has 0 bridgehead atoms. The van der Waals surface area contributed by atoms with E-state index < -0.39 is 4.92 Å². The molecule has 0 saturated heterocycles. The standard InChI is InChI=1S/C15H19N7O2/c1-2-6-18-13-4-3-12(8-14(13)22(23)24)21-7-5-11(10-21)9-19-20-15(16)17/h3-5,7-10,18H,2,6H2,1H3,(H4,16,17,20). The van der Waals surface area contributed by atoms with Gasteiger partial charge in [0.2, 0.25) is 5.96 Å². The average Bonchev–Trinajstić information content (AvgIpc) is 3.01. The van der Waals surface area contributed by atoms with Gasteiger partial charge in [0.1, 0.15) is 5.69 Å². The summed E-state index contributed by atoms with van der Waals surface area (Å²) in [4.78, 5) is 10.9. The molecule has 0 unspecified atom stereocenters. The van der Waals surface area contributed by atoms with Gasteiger partial charge in [0.05, 0.1) is 16.8 Å². The van der Waals surface area contributed by atoms with Crippen LogP contribution in [0.3, 0.4) is 0 Å². The summed E-state index contributed by atoms with van der Waals surface area (Å²) in [6, 6.07) is 6.83. The van der Waals surface area contributed by atoms with E-state index in [-0.39, 0.29) is 11.6 Å². The van der Waals surface area contributed by atoms with Crippen molar-refractivity contribution in [3.05, 3.63) is 52.3 Å². The number of aromatic nitrogens is 1. The number of nitrogens with two attached hydrogens (primary N) is 2. The van der Waals surface area contributed by atoms with Crippen molar-refractivity contribution in [3.63, 3.8) is 0 Å². The van der Waals surface area contributed by atoms with Crippen LogP contribution in [0.5, 0.6) is 0 Å². The van der Waals surface area contributed by atoms with E-state index in [1.165, 1.54) is 12.3 Å². The van der Waals surface area contributed by atoms with E-state index in [0.717, 1.165) is 12.0 Å². The van der Waals surface area contributed by atoms with Crippen LogP contribution in [0.2, 0.25) is 0 Å². The van der Waals surface area contributed by atoms with Gasteiger partial charge < -0.3 is 21.4 Å². The molecule has 5 N–H and O–H groups in total. The molecule has 9 heteroatoms. The molecule has 1 heterocycles. The molecule has 0 aliphatic carbocycles. The summed E-state index contributed by atoms with van der Waals surface area (Å²) in [5.74, 6) is -0.128. The van der Waals surface area contributed by atoms with E-state index in [1.54, 1.807) is 29.1 Å². The number of guanidine groups is 1. The highest BCUT2D eigenvalue weighted by atomic mass is 16.6. The lowest BCUT2D eigenvalue weighted by Crippen LogP contribution is -2.21. The minimum atomic E-state index is -0.397. The number of hydrogen-bond donors (Lipinski definition) is 3. The van der Waals surface area contributed by atoms with Crippen molar-refractivity contribution in [2.75, 3.05) is 11.9 Å². The van der Waals surface area contributed by atoms with Crippen molar-refractivity contribution in [2.45, 2.75) is 13.3 Å². The number of nitro groups is 1. The summed E-state index contributed by atoms with van der Waals surface area (Å²) >= 11 is 0. The highest BCUT2D eigenvalue weighted by Gasteiger charge is 2.14. The summed E-state index contributed by atoms with van der Waals surface area (Å²) in [6.07, 6.45) is 5.91. The van der Waals surface area contributed by atoms with Gasteiger partial charge in [-0.3, -0.25) is 10.1 Å². The minimum absolute atomic E-state index is 0.0328. The highest BCUT2D eigenvalue weighted by molar-refractivity contribution is 5.81. The van der Waals surface area contributed by atoms with Gasteiger partial charge in [-0.25, -0.2) is 0 Å². The van der Waals surface area contributed by atoms with Crippen molar-refractivity contribution in [2.24, 2.45) is 21.7 Å². The zero-order valence-electron chi connectivity index (χ0n) is 13.2. The Morgan fingerprint density at radius 3 is 2.88 bits per heavy atom. The van der Waals surface area contributed by atoms with E-state index in [1.807, 2.05) is 13.0 Å². The lowest BCUT2D eigenvalue weighted by atomic mass is 10.2. The predicted octanol–water partition coefficient (Wildman–Crippen LogP) is 1.81. The van der Waals surface area contributed by atoms with Crippen molar-refractivity contribution in [1.29, 1.82) is 0 Å². The van der Waals surface area contributed by atoms with E-state index in [0.29, 0.717) is 17.9 Å². The predicted molar refractivity (Wildman–Crippen MR) is 94.6 cm³/mol. The van der Waals surface area contributed by atoms with Crippen LogP contribution in [-0.2, 0) is 0 Å². The first-order valence-electron chi connectivity index (χ1n) is 7.34. The number of hydrogen-bond acceptors (Lipinski definition) is 5. The van der Waals surface area contributed by atoms with Gasteiger partial charge in [-0.2, -0.15) is 5.10 Å². The molecule has 0 aliphatic rings. The fourth-order valence-corrected chi connectivity index (χ4v) is 2.05. The first kappa shape index (κ1) is 17.0. The third-order valence-corrected chi connectivity index (χ3v) is 3.14. The Balaban J connectivity index is 2.27. The highest BCUT2D eigenvalue weighted by Crippen LogP contribution is 2.27. The Kier molecular flexibility index (Phi) is 5.50. The van der Waals surface area contributed by atoms with Gasteiger partial charge in [-0.05, 0) is 24.6 Å². The summed E-state index contributed by atoms with van der Waals surface area (Å²) < 4.78 is 1.76. The Morgan fingerprint density at radius 2 is 2.21 bits per heavy atom. The fraction of sp³-hybridized carbons (Fsp3) is 0.200. The lowest BCUT2D eigenvalue weighted by molar-refractivity contribution is -0.383. The van der Waals surface area contributed by atoms with Crippen LogP contribution < -0.4 is 16.8 Å². The van der Waals surface area contributed by atoms with Gasteiger partial charge in [0.25, 0.3) is 5.69 Å². The van der Waals surface area contributed by atoms with Crippen molar-refractivity contribution in [1.82, 2.24) is 4.57 Å². The van der Waals surface area contributed by atoms with Crippen molar-refractivity contribution >= 4 is 23.5 Å². The largest absolute Gasteiger partial charge is 0.380 e. The SMILES string of the molecule is CCCNc1ccc(-n2ccc(C=NN=C(N)N)c2)cc1[N+](=O)[O-]. The second-order valence-corrected chi connectivity index (χ2v) is 5.01. The second kappa shape index (κ2) is 7.77. The molecule has 9 nitrogen and oxygen atoms in total. The molecule has 0 aliphatic heterocycles. The summed E-state index contributed by atoms with van der Waals surface area (Å²) in [7, 11) is 0. The van der Waals surface area contributed by atoms with Gasteiger partial charge in [0.15, 0.2) is 0 Å². The van der Waals surface area contributed by atoms with E-state index in [4.69, 9.17) is 11.5 Å². The van der Waals surface area contributed by atoms with Crippen LogP contribution in [0.25, 0.3) is 5.69 Å². The lowest BCUT2D eigenvalue weighted by Gasteiger charge is -2.08. The van der Waals surface area contributed by atoms with Gasteiger partial charge >= 0.3 is 0 Å². The van der Waals surface area contributed by atoms with E-state index in [2.05, 4.69) is 15.5 Å². The number of benzene rings is 1. The smallest absolute Gasteiger partial charge is 0.294 e. The molecule has 1 aromatic heterocycles. The van der Waals surface area contributed by atoms with Crippen molar-refractivity contribution < 1.29 is 4.92 Å². The molecule has 126 valence electrons. The summed E-state index contributed by atoms with van der Waals surface area (Å²) in [6.45, 7) is 2.67. The number of anilines is 1. The molecule has 0 radical (unpaired) electrons. The van der Waals surface area contributed by atoms with Crippen LogP contribution >= 0.6 is 0 Å².